The molecule has 1 aromatic carbocycles. The molecule has 5 atom stereocenters. The van der Waals surface area contributed by atoms with E-state index in [9.17, 15) is 24.9 Å². The van der Waals surface area contributed by atoms with Crippen molar-refractivity contribution in [2.75, 3.05) is 6.54 Å². The third kappa shape index (κ3) is 2.57. The number of benzene rings is 1. The number of carbonyl (C=O) groups excluding carboxylic acids is 1. The number of aliphatic hydroxyl groups excluding tert-OH is 1. The Balaban J connectivity index is 1.60. The molecule has 1 amide bonds. The van der Waals surface area contributed by atoms with E-state index in [4.69, 9.17) is 4.74 Å². The zero-order chi connectivity index (χ0) is 23.2. The number of fused-ring (bicyclic) bond motifs is 5. The lowest BCUT2D eigenvalue weighted by Crippen LogP contribution is -2.66. The smallest absolute Gasteiger partial charge is 0.323 e. The monoisotopic (exact) mass is 443 g/mol. The minimum atomic E-state index is -1.07. The zero-order valence-electron chi connectivity index (χ0n) is 19.3. The number of carboxylic acids is 1. The Morgan fingerprint density at radius 1 is 1.22 bits per heavy atom. The number of carboxylic acid groups (broad SMARTS) is 1. The molecular formula is C25H33NO6. The predicted octanol–water partition coefficient (Wildman–Crippen LogP) is 3.34. The number of nitrogens with zero attached hydrogens (tertiary/aromatic N) is 1. The number of hydrogen-bond acceptors (Lipinski definition) is 5. The first kappa shape index (κ1) is 21.6. The standard InChI is InChI=1S/C25H33NO6/c1-13-5-6-18-23(2,3)19(28)7-8-24(18,4)25(13)10-15-17(27)9-14-16(21(15)32-25)11-26(22(14)31)12-20(29)30/h9,13,18-19,27-28H,5-8,10-12H2,1-4H3,(H,29,30). The highest BCUT2D eigenvalue weighted by molar-refractivity contribution is 6.01. The Bertz CT molecular complexity index is 1020. The number of amides is 1. The van der Waals surface area contributed by atoms with E-state index in [0.29, 0.717) is 29.7 Å². The Labute approximate surface area is 188 Å². The number of hydrogen-bond donors (Lipinski definition) is 3. The number of ether oxygens (including phenoxy) is 1. The molecule has 5 unspecified atom stereocenters. The number of aromatic hydroxyl groups is 1. The van der Waals surface area contributed by atoms with Crippen molar-refractivity contribution >= 4 is 11.9 Å². The van der Waals surface area contributed by atoms with Gasteiger partial charge in [-0.3, -0.25) is 9.59 Å². The second kappa shape index (κ2) is 6.62. The zero-order valence-corrected chi connectivity index (χ0v) is 19.3. The van der Waals surface area contributed by atoms with Gasteiger partial charge in [-0.1, -0.05) is 27.7 Å². The number of phenolic OH excluding ortho intramolecular Hbond substituents is 1. The van der Waals surface area contributed by atoms with Crippen LogP contribution in [-0.4, -0.2) is 50.3 Å². The van der Waals surface area contributed by atoms with Gasteiger partial charge in [0.25, 0.3) is 5.91 Å². The Morgan fingerprint density at radius 2 is 1.94 bits per heavy atom. The van der Waals surface area contributed by atoms with E-state index in [0.717, 1.165) is 24.8 Å². The van der Waals surface area contributed by atoms with Crippen LogP contribution in [-0.2, 0) is 17.8 Å². The molecule has 3 N–H and O–H groups in total. The van der Waals surface area contributed by atoms with E-state index in [2.05, 4.69) is 27.7 Å². The van der Waals surface area contributed by atoms with Crippen LogP contribution in [0.2, 0.25) is 0 Å². The second-order valence-electron chi connectivity index (χ2n) is 11.3. The summed E-state index contributed by atoms with van der Waals surface area (Å²) in [5, 5.41) is 30.9. The molecule has 0 aromatic heterocycles. The van der Waals surface area contributed by atoms with E-state index in [1.54, 1.807) is 0 Å². The first-order valence-electron chi connectivity index (χ1n) is 11.7. The number of phenols is 1. The van der Waals surface area contributed by atoms with Crippen molar-refractivity contribution in [3.8, 4) is 11.5 Å². The first-order chi connectivity index (χ1) is 14.9. The molecular weight excluding hydrogens is 410 g/mol. The maximum atomic E-state index is 12.8. The minimum absolute atomic E-state index is 0.0502. The highest BCUT2D eigenvalue weighted by atomic mass is 16.5. The van der Waals surface area contributed by atoms with Gasteiger partial charge in [-0.15, -0.1) is 0 Å². The second-order valence-corrected chi connectivity index (χ2v) is 11.3. The van der Waals surface area contributed by atoms with Crippen molar-refractivity contribution < 1.29 is 29.6 Å². The number of rotatable bonds is 2. The van der Waals surface area contributed by atoms with E-state index in [1.807, 2.05) is 0 Å². The highest BCUT2D eigenvalue weighted by Crippen LogP contribution is 2.67. The van der Waals surface area contributed by atoms with Gasteiger partial charge in [-0.25, -0.2) is 0 Å². The van der Waals surface area contributed by atoms with Gasteiger partial charge >= 0.3 is 5.97 Å². The van der Waals surface area contributed by atoms with Crippen LogP contribution in [0.3, 0.4) is 0 Å². The Hall–Kier alpha value is -2.28. The molecule has 0 radical (unpaired) electrons. The Morgan fingerprint density at radius 3 is 2.62 bits per heavy atom. The third-order valence-corrected chi connectivity index (χ3v) is 9.49. The van der Waals surface area contributed by atoms with Gasteiger partial charge in [0.05, 0.1) is 18.2 Å². The average molecular weight is 444 g/mol. The quantitative estimate of drug-likeness (QED) is 0.647. The van der Waals surface area contributed by atoms with Gasteiger partial charge < -0.3 is 25.0 Å². The highest BCUT2D eigenvalue weighted by Gasteiger charge is 2.67. The lowest BCUT2D eigenvalue weighted by Gasteiger charge is -2.64. The normalized spacial score (nSPS) is 37.1. The van der Waals surface area contributed by atoms with Gasteiger partial charge in [0.2, 0.25) is 0 Å². The lowest BCUT2D eigenvalue weighted by atomic mass is 9.43. The summed E-state index contributed by atoms with van der Waals surface area (Å²) in [5.74, 6) is -0.321. The molecule has 0 saturated heterocycles. The molecule has 1 aromatic rings. The van der Waals surface area contributed by atoms with E-state index < -0.39 is 11.6 Å². The van der Waals surface area contributed by atoms with E-state index >= 15 is 0 Å². The fraction of sp³-hybridized carbons (Fsp3) is 0.680. The molecule has 2 saturated carbocycles. The average Bonchev–Trinajstić information content (AvgIpc) is 3.25. The number of aliphatic carboxylic acids is 1. The topological polar surface area (TPSA) is 107 Å². The minimum Gasteiger partial charge on any atom is -0.508 e. The molecule has 1 spiro atoms. The van der Waals surface area contributed by atoms with Crippen LogP contribution in [0.4, 0.5) is 0 Å². The number of aliphatic hydroxyl groups is 1. The fourth-order valence-electron chi connectivity index (χ4n) is 7.62. The molecule has 4 aliphatic rings. The van der Waals surface area contributed by atoms with Crippen LogP contribution < -0.4 is 4.74 Å². The SMILES string of the molecule is CC1CCC2C(C)(C)C(O)CCC2(C)C12Cc1c(O)cc3c(c1O2)CN(CC(=O)O)C3=O. The molecule has 2 aliphatic carbocycles. The van der Waals surface area contributed by atoms with Gasteiger partial charge in [0.1, 0.15) is 23.6 Å². The Kier molecular flexibility index (Phi) is 4.46. The van der Waals surface area contributed by atoms with Crippen LogP contribution >= 0.6 is 0 Å². The van der Waals surface area contributed by atoms with Crippen molar-refractivity contribution in [3.05, 3.63) is 22.8 Å². The summed E-state index contributed by atoms with van der Waals surface area (Å²) < 4.78 is 6.91. The summed E-state index contributed by atoms with van der Waals surface area (Å²) in [5.41, 5.74) is 0.779. The molecule has 7 heteroatoms. The predicted molar refractivity (Wildman–Crippen MR) is 117 cm³/mol. The van der Waals surface area contributed by atoms with Gasteiger partial charge in [-0.2, -0.15) is 0 Å². The number of carbonyl (C=O) groups is 2. The summed E-state index contributed by atoms with van der Waals surface area (Å²) in [6, 6.07) is 1.49. The summed E-state index contributed by atoms with van der Waals surface area (Å²) in [4.78, 5) is 25.3. The molecule has 2 aliphatic heterocycles. The summed E-state index contributed by atoms with van der Waals surface area (Å²) in [7, 11) is 0. The fourth-order valence-corrected chi connectivity index (χ4v) is 7.62. The van der Waals surface area contributed by atoms with Crippen LogP contribution in [0.5, 0.6) is 11.5 Å². The van der Waals surface area contributed by atoms with Gasteiger partial charge in [-0.05, 0) is 49.0 Å². The molecule has 7 nitrogen and oxygen atoms in total. The van der Waals surface area contributed by atoms with Gasteiger partial charge in [0.15, 0.2) is 0 Å². The van der Waals surface area contributed by atoms with Crippen molar-refractivity contribution in [2.45, 2.75) is 78.0 Å². The molecule has 5 rings (SSSR count). The summed E-state index contributed by atoms with van der Waals surface area (Å²) in [6.45, 7) is 8.61. The van der Waals surface area contributed by atoms with Crippen LogP contribution in [0.1, 0.15) is 74.9 Å². The van der Waals surface area contributed by atoms with Crippen LogP contribution in [0.15, 0.2) is 6.07 Å². The van der Waals surface area contributed by atoms with E-state index in [-0.39, 0.29) is 53.5 Å². The molecule has 32 heavy (non-hydrogen) atoms. The maximum Gasteiger partial charge on any atom is 0.323 e. The molecule has 2 fully saturated rings. The summed E-state index contributed by atoms with van der Waals surface area (Å²) >= 11 is 0. The molecule has 0 bridgehead atoms. The summed E-state index contributed by atoms with van der Waals surface area (Å²) in [6.07, 6.45) is 3.76. The first-order valence-corrected chi connectivity index (χ1v) is 11.7. The van der Waals surface area contributed by atoms with Gasteiger partial charge in [0, 0.05) is 23.0 Å². The lowest BCUT2D eigenvalue weighted by molar-refractivity contribution is -0.210. The van der Waals surface area contributed by atoms with Crippen molar-refractivity contribution in [1.29, 1.82) is 0 Å². The largest absolute Gasteiger partial charge is 0.508 e. The molecule has 2 heterocycles. The van der Waals surface area contributed by atoms with E-state index in [1.165, 1.54) is 11.0 Å². The maximum absolute atomic E-state index is 12.8. The van der Waals surface area contributed by atoms with Crippen molar-refractivity contribution in [3.63, 3.8) is 0 Å². The van der Waals surface area contributed by atoms with Crippen molar-refractivity contribution in [1.82, 2.24) is 4.90 Å². The van der Waals surface area contributed by atoms with Crippen LogP contribution in [0, 0.1) is 22.7 Å². The van der Waals surface area contributed by atoms with Crippen LogP contribution in [0.25, 0.3) is 0 Å². The third-order valence-electron chi connectivity index (χ3n) is 9.49. The molecule has 174 valence electrons. The van der Waals surface area contributed by atoms with Crippen molar-refractivity contribution in [2.24, 2.45) is 22.7 Å².